The van der Waals surface area contributed by atoms with Crippen LogP contribution in [0.25, 0.3) is 0 Å². The third-order valence-corrected chi connectivity index (χ3v) is 5.38. The molecule has 1 nitrogen and oxygen atoms in total. The fraction of sp³-hybridized carbons (Fsp3) is 0.294. The Morgan fingerprint density at radius 2 is 2.00 bits per heavy atom. The maximum atomic E-state index is 6.13. The summed E-state index contributed by atoms with van der Waals surface area (Å²) in [5.74, 6) is 0.589. The van der Waals surface area contributed by atoms with E-state index in [0.29, 0.717) is 5.92 Å². The molecule has 1 N–H and O–H groups in total. The predicted molar refractivity (Wildman–Crippen MR) is 89.8 cm³/mol. The first-order chi connectivity index (χ1) is 9.75. The number of hydrogen-bond acceptors (Lipinski definition) is 1. The van der Waals surface area contributed by atoms with Crippen molar-refractivity contribution in [2.45, 2.75) is 25.2 Å². The van der Waals surface area contributed by atoms with Crippen LogP contribution in [0.2, 0.25) is 5.02 Å². The molecule has 1 aliphatic rings. The number of anilines is 1. The van der Waals surface area contributed by atoms with E-state index in [-0.39, 0.29) is 0 Å². The molecule has 0 saturated carbocycles. The Kier molecular flexibility index (Phi) is 4.32. The van der Waals surface area contributed by atoms with Crippen LogP contribution in [-0.2, 0) is 6.42 Å². The van der Waals surface area contributed by atoms with Crippen molar-refractivity contribution in [2.75, 3.05) is 11.9 Å². The van der Waals surface area contributed by atoms with Crippen LogP contribution in [0.1, 0.15) is 29.9 Å². The van der Waals surface area contributed by atoms with Gasteiger partial charge in [-0.1, -0.05) is 41.9 Å². The smallest absolute Gasteiger partial charge is 0.0593 e. The standard InChI is InChI=1S/C17H17BrClN/c18-17-15(19)9-4-10-16(17)20-11-13-7-3-6-12-5-1-2-8-14(12)13/h1-2,4-5,8-10,13,20H,3,6-7,11H2. The number of halogens is 2. The van der Waals surface area contributed by atoms with Gasteiger partial charge in [-0.05, 0) is 58.5 Å². The van der Waals surface area contributed by atoms with Gasteiger partial charge in [-0.3, -0.25) is 0 Å². The van der Waals surface area contributed by atoms with Gasteiger partial charge < -0.3 is 5.32 Å². The van der Waals surface area contributed by atoms with Crippen molar-refractivity contribution in [1.82, 2.24) is 0 Å². The molecule has 0 radical (unpaired) electrons. The number of fused-ring (bicyclic) bond motifs is 1. The maximum Gasteiger partial charge on any atom is 0.0593 e. The molecular formula is C17H17BrClN. The number of aryl methyl sites for hydroxylation is 1. The summed E-state index contributed by atoms with van der Waals surface area (Å²) in [6, 6.07) is 14.8. The van der Waals surface area contributed by atoms with E-state index in [1.54, 1.807) is 0 Å². The van der Waals surface area contributed by atoms with Crippen molar-refractivity contribution >= 4 is 33.2 Å². The minimum Gasteiger partial charge on any atom is -0.383 e. The largest absolute Gasteiger partial charge is 0.383 e. The molecule has 0 fully saturated rings. The molecule has 0 amide bonds. The first-order valence-corrected chi connectivity index (χ1v) is 8.18. The molecule has 20 heavy (non-hydrogen) atoms. The number of hydrogen-bond donors (Lipinski definition) is 1. The summed E-state index contributed by atoms with van der Waals surface area (Å²) in [4.78, 5) is 0. The normalized spacial score (nSPS) is 17.6. The van der Waals surface area contributed by atoms with E-state index in [1.165, 1.54) is 30.4 Å². The van der Waals surface area contributed by atoms with Gasteiger partial charge in [0.25, 0.3) is 0 Å². The van der Waals surface area contributed by atoms with Gasteiger partial charge in [0.2, 0.25) is 0 Å². The molecule has 0 aliphatic heterocycles. The molecule has 1 unspecified atom stereocenters. The molecule has 0 saturated heterocycles. The third-order valence-electron chi connectivity index (χ3n) is 3.98. The van der Waals surface area contributed by atoms with E-state index in [1.807, 2.05) is 12.1 Å². The average molecular weight is 351 g/mol. The van der Waals surface area contributed by atoms with Crippen molar-refractivity contribution in [3.63, 3.8) is 0 Å². The van der Waals surface area contributed by atoms with Crippen molar-refractivity contribution in [1.29, 1.82) is 0 Å². The molecule has 0 spiro atoms. The third kappa shape index (κ3) is 2.87. The number of nitrogens with one attached hydrogen (secondary N) is 1. The Hall–Kier alpha value is -0.990. The molecule has 2 aromatic rings. The summed E-state index contributed by atoms with van der Waals surface area (Å²) >= 11 is 9.67. The van der Waals surface area contributed by atoms with Crippen LogP contribution in [0.15, 0.2) is 46.9 Å². The molecule has 2 aromatic carbocycles. The van der Waals surface area contributed by atoms with Crippen LogP contribution in [0.3, 0.4) is 0 Å². The Balaban J connectivity index is 1.75. The molecule has 1 aliphatic carbocycles. The fourth-order valence-electron chi connectivity index (χ4n) is 2.94. The summed E-state index contributed by atoms with van der Waals surface area (Å²) in [7, 11) is 0. The highest BCUT2D eigenvalue weighted by Crippen LogP contribution is 2.34. The molecule has 3 heteroatoms. The van der Waals surface area contributed by atoms with Gasteiger partial charge in [0.1, 0.15) is 0 Å². The van der Waals surface area contributed by atoms with Crippen LogP contribution >= 0.6 is 27.5 Å². The molecule has 0 heterocycles. The Labute approximate surface area is 133 Å². The van der Waals surface area contributed by atoms with E-state index < -0.39 is 0 Å². The lowest BCUT2D eigenvalue weighted by atomic mass is 9.83. The highest BCUT2D eigenvalue weighted by atomic mass is 79.9. The van der Waals surface area contributed by atoms with Gasteiger partial charge in [-0.15, -0.1) is 0 Å². The minimum absolute atomic E-state index is 0.589. The second-order valence-electron chi connectivity index (χ2n) is 5.27. The van der Waals surface area contributed by atoms with Crippen LogP contribution < -0.4 is 5.32 Å². The monoisotopic (exact) mass is 349 g/mol. The minimum atomic E-state index is 0.589. The van der Waals surface area contributed by atoms with Gasteiger partial charge in [0.15, 0.2) is 0 Å². The first kappa shape index (κ1) is 14.0. The zero-order chi connectivity index (χ0) is 13.9. The van der Waals surface area contributed by atoms with E-state index in [9.17, 15) is 0 Å². The Morgan fingerprint density at radius 1 is 1.15 bits per heavy atom. The lowest BCUT2D eigenvalue weighted by Gasteiger charge is -2.26. The zero-order valence-corrected chi connectivity index (χ0v) is 13.5. The average Bonchev–Trinajstić information content (AvgIpc) is 2.49. The Morgan fingerprint density at radius 3 is 2.90 bits per heavy atom. The van der Waals surface area contributed by atoms with E-state index in [2.05, 4.69) is 51.6 Å². The van der Waals surface area contributed by atoms with Gasteiger partial charge in [-0.25, -0.2) is 0 Å². The second kappa shape index (κ2) is 6.19. The van der Waals surface area contributed by atoms with Gasteiger partial charge in [0, 0.05) is 18.2 Å². The molecule has 0 bridgehead atoms. The predicted octanol–water partition coefficient (Wildman–Crippen LogP) is 5.63. The Bertz CT molecular complexity index is 612. The van der Waals surface area contributed by atoms with Gasteiger partial charge in [0.05, 0.1) is 9.50 Å². The summed E-state index contributed by atoms with van der Waals surface area (Å²) in [6.45, 7) is 0.954. The van der Waals surface area contributed by atoms with Crippen molar-refractivity contribution < 1.29 is 0 Å². The van der Waals surface area contributed by atoms with Crippen LogP contribution in [0.4, 0.5) is 5.69 Å². The summed E-state index contributed by atoms with van der Waals surface area (Å²) in [6.07, 6.45) is 3.75. The van der Waals surface area contributed by atoms with Crippen molar-refractivity contribution in [2.24, 2.45) is 0 Å². The highest BCUT2D eigenvalue weighted by Gasteiger charge is 2.19. The SMILES string of the molecule is Clc1cccc(NCC2CCCc3ccccc32)c1Br. The summed E-state index contributed by atoms with van der Waals surface area (Å²) in [5, 5.41) is 4.28. The van der Waals surface area contributed by atoms with Crippen LogP contribution in [-0.4, -0.2) is 6.54 Å². The van der Waals surface area contributed by atoms with Gasteiger partial charge >= 0.3 is 0 Å². The van der Waals surface area contributed by atoms with Crippen molar-refractivity contribution in [3.05, 3.63) is 63.1 Å². The lowest BCUT2D eigenvalue weighted by Crippen LogP contribution is -2.18. The highest BCUT2D eigenvalue weighted by molar-refractivity contribution is 9.10. The van der Waals surface area contributed by atoms with Crippen molar-refractivity contribution in [3.8, 4) is 0 Å². The number of rotatable bonds is 3. The molecule has 104 valence electrons. The molecule has 0 aromatic heterocycles. The maximum absolute atomic E-state index is 6.13. The quantitative estimate of drug-likeness (QED) is 0.756. The number of benzene rings is 2. The topological polar surface area (TPSA) is 12.0 Å². The first-order valence-electron chi connectivity index (χ1n) is 7.01. The fourth-order valence-corrected chi connectivity index (χ4v) is 3.52. The van der Waals surface area contributed by atoms with Gasteiger partial charge in [-0.2, -0.15) is 0 Å². The van der Waals surface area contributed by atoms with Crippen LogP contribution in [0, 0.1) is 0 Å². The van der Waals surface area contributed by atoms with Crippen LogP contribution in [0.5, 0.6) is 0 Å². The van der Waals surface area contributed by atoms with E-state index in [4.69, 9.17) is 11.6 Å². The van der Waals surface area contributed by atoms with E-state index >= 15 is 0 Å². The van der Waals surface area contributed by atoms with E-state index in [0.717, 1.165) is 21.7 Å². The second-order valence-corrected chi connectivity index (χ2v) is 6.47. The lowest BCUT2D eigenvalue weighted by molar-refractivity contribution is 0.571. The molecule has 1 atom stereocenters. The summed E-state index contributed by atoms with van der Waals surface area (Å²) in [5.41, 5.74) is 4.08. The molecule has 3 rings (SSSR count). The molecular weight excluding hydrogens is 334 g/mol. The zero-order valence-electron chi connectivity index (χ0n) is 11.2. The summed E-state index contributed by atoms with van der Waals surface area (Å²) < 4.78 is 0.950.